The SMILES string of the molecule is O=S(=O)(Cc1ccccc1)Nc1ccc2c(c1)CCCO2. The second kappa shape index (κ2) is 5.77. The summed E-state index contributed by atoms with van der Waals surface area (Å²) in [6.45, 7) is 0.728. The van der Waals surface area contributed by atoms with Gasteiger partial charge in [0.1, 0.15) is 5.75 Å². The summed E-state index contributed by atoms with van der Waals surface area (Å²) in [5, 5.41) is 0. The summed E-state index contributed by atoms with van der Waals surface area (Å²) in [6.07, 6.45) is 1.89. The maximum atomic E-state index is 12.2. The average molecular weight is 303 g/mol. The molecule has 0 spiro atoms. The largest absolute Gasteiger partial charge is 0.493 e. The summed E-state index contributed by atoms with van der Waals surface area (Å²) >= 11 is 0. The fraction of sp³-hybridized carbons (Fsp3) is 0.250. The van der Waals surface area contributed by atoms with Gasteiger partial charge < -0.3 is 4.74 Å². The van der Waals surface area contributed by atoms with Gasteiger partial charge in [0.25, 0.3) is 0 Å². The maximum Gasteiger partial charge on any atom is 0.236 e. The highest BCUT2D eigenvalue weighted by molar-refractivity contribution is 7.91. The van der Waals surface area contributed by atoms with E-state index in [0.717, 1.165) is 36.3 Å². The molecule has 110 valence electrons. The Labute approximate surface area is 124 Å². The van der Waals surface area contributed by atoms with Gasteiger partial charge in [0.2, 0.25) is 10.0 Å². The zero-order valence-electron chi connectivity index (χ0n) is 11.6. The molecule has 5 heteroatoms. The highest BCUT2D eigenvalue weighted by Gasteiger charge is 2.15. The van der Waals surface area contributed by atoms with Gasteiger partial charge in [-0.15, -0.1) is 0 Å². The van der Waals surface area contributed by atoms with E-state index in [4.69, 9.17) is 4.74 Å². The van der Waals surface area contributed by atoms with E-state index in [1.165, 1.54) is 0 Å². The first-order valence-corrected chi connectivity index (χ1v) is 8.58. The van der Waals surface area contributed by atoms with Crippen LogP contribution in [0.2, 0.25) is 0 Å². The highest BCUT2D eigenvalue weighted by atomic mass is 32.2. The van der Waals surface area contributed by atoms with Crippen LogP contribution in [0.5, 0.6) is 5.75 Å². The number of rotatable bonds is 4. The quantitative estimate of drug-likeness (QED) is 0.945. The number of hydrogen-bond acceptors (Lipinski definition) is 3. The molecule has 1 aliphatic rings. The number of nitrogens with one attached hydrogen (secondary N) is 1. The van der Waals surface area contributed by atoms with Crippen molar-refractivity contribution in [3.05, 3.63) is 59.7 Å². The van der Waals surface area contributed by atoms with Crippen molar-refractivity contribution in [2.45, 2.75) is 18.6 Å². The van der Waals surface area contributed by atoms with E-state index in [0.29, 0.717) is 5.69 Å². The Morgan fingerprint density at radius 3 is 2.71 bits per heavy atom. The summed E-state index contributed by atoms with van der Waals surface area (Å²) in [7, 11) is -3.41. The molecule has 2 aromatic carbocycles. The van der Waals surface area contributed by atoms with Gasteiger partial charge >= 0.3 is 0 Å². The lowest BCUT2D eigenvalue weighted by atomic mass is 10.1. The van der Waals surface area contributed by atoms with Crippen molar-refractivity contribution in [1.82, 2.24) is 0 Å². The molecule has 4 nitrogen and oxygen atoms in total. The second-order valence-corrected chi connectivity index (χ2v) is 6.84. The fourth-order valence-electron chi connectivity index (χ4n) is 2.43. The average Bonchev–Trinajstić information content (AvgIpc) is 2.47. The van der Waals surface area contributed by atoms with Crippen molar-refractivity contribution in [2.24, 2.45) is 0 Å². The van der Waals surface area contributed by atoms with Crippen molar-refractivity contribution in [3.8, 4) is 5.75 Å². The number of sulfonamides is 1. The number of fused-ring (bicyclic) bond motifs is 1. The molecule has 0 atom stereocenters. The monoisotopic (exact) mass is 303 g/mol. The minimum atomic E-state index is -3.41. The lowest BCUT2D eigenvalue weighted by Crippen LogP contribution is -2.16. The van der Waals surface area contributed by atoms with Crippen LogP contribution in [0.25, 0.3) is 0 Å². The first kappa shape index (κ1) is 13.9. The van der Waals surface area contributed by atoms with E-state index in [1.807, 2.05) is 30.3 Å². The fourth-order valence-corrected chi connectivity index (χ4v) is 3.62. The first-order chi connectivity index (χ1) is 10.1. The number of ether oxygens (including phenoxy) is 1. The van der Waals surface area contributed by atoms with Crippen LogP contribution in [-0.4, -0.2) is 15.0 Å². The zero-order valence-corrected chi connectivity index (χ0v) is 12.4. The van der Waals surface area contributed by atoms with Gasteiger partial charge in [-0.2, -0.15) is 0 Å². The van der Waals surface area contributed by atoms with Crippen LogP contribution in [0.15, 0.2) is 48.5 Å². The van der Waals surface area contributed by atoms with E-state index in [9.17, 15) is 8.42 Å². The topological polar surface area (TPSA) is 55.4 Å². The van der Waals surface area contributed by atoms with Gasteiger partial charge in [0.15, 0.2) is 0 Å². The Kier molecular flexibility index (Phi) is 3.84. The molecule has 0 radical (unpaired) electrons. The van der Waals surface area contributed by atoms with E-state index in [1.54, 1.807) is 18.2 Å². The lowest BCUT2D eigenvalue weighted by molar-refractivity contribution is 0.288. The van der Waals surface area contributed by atoms with Crippen molar-refractivity contribution in [3.63, 3.8) is 0 Å². The second-order valence-electron chi connectivity index (χ2n) is 5.12. The molecule has 1 heterocycles. The Balaban J connectivity index is 1.76. The molecule has 21 heavy (non-hydrogen) atoms. The molecule has 1 aliphatic heterocycles. The molecular weight excluding hydrogens is 286 g/mol. The number of aryl methyl sites for hydroxylation is 1. The van der Waals surface area contributed by atoms with Crippen LogP contribution in [0.1, 0.15) is 17.5 Å². The Hall–Kier alpha value is -2.01. The van der Waals surface area contributed by atoms with Crippen LogP contribution < -0.4 is 9.46 Å². The van der Waals surface area contributed by atoms with Gasteiger partial charge in [0.05, 0.1) is 12.4 Å². The van der Waals surface area contributed by atoms with Crippen LogP contribution >= 0.6 is 0 Å². The number of hydrogen-bond donors (Lipinski definition) is 1. The van der Waals surface area contributed by atoms with Gasteiger partial charge in [-0.25, -0.2) is 8.42 Å². The molecule has 0 bridgehead atoms. The molecule has 0 saturated heterocycles. The predicted octanol–water partition coefficient (Wildman–Crippen LogP) is 2.95. The van der Waals surface area contributed by atoms with Crippen molar-refractivity contribution < 1.29 is 13.2 Å². The standard InChI is InChI=1S/C16H17NO3S/c18-21(19,12-13-5-2-1-3-6-13)17-15-8-9-16-14(11-15)7-4-10-20-16/h1-3,5-6,8-9,11,17H,4,7,10,12H2. The van der Waals surface area contributed by atoms with Crippen molar-refractivity contribution >= 4 is 15.7 Å². The third kappa shape index (κ3) is 3.55. The zero-order chi connectivity index (χ0) is 14.7. The maximum absolute atomic E-state index is 12.2. The highest BCUT2D eigenvalue weighted by Crippen LogP contribution is 2.28. The predicted molar refractivity (Wildman–Crippen MR) is 82.9 cm³/mol. The van der Waals surface area contributed by atoms with E-state index >= 15 is 0 Å². The Morgan fingerprint density at radius 2 is 1.90 bits per heavy atom. The van der Waals surface area contributed by atoms with Crippen LogP contribution in [0.4, 0.5) is 5.69 Å². The smallest absolute Gasteiger partial charge is 0.236 e. The summed E-state index contributed by atoms with van der Waals surface area (Å²) in [4.78, 5) is 0. The van der Waals surface area contributed by atoms with E-state index in [2.05, 4.69) is 4.72 Å². The Bertz CT molecular complexity index is 726. The van der Waals surface area contributed by atoms with Crippen molar-refractivity contribution in [1.29, 1.82) is 0 Å². The molecule has 0 saturated carbocycles. The van der Waals surface area contributed by atoms with Gasteiger partial charge in [-0.3, -0.25) is 4.72 Å². The Morgan fingerprint density at radius 1 is 1.10 bits per heavy atom. The summed E-state index contributed by atoms with van der Waals surface area (Å²) in [6, 6.07) is 14.6. The molecule has 0 aliphatic carbocycles. The number of benzene rings is 2. The first-order valence-electron chi connectivity index (χ1n) is 6.92. The molecular formula is C16H17NO3S. The summed E-state index contributed by atoms with van der Waals surface area (Å²) in [5.41, 5.74) is 2.42. The van der Waals surface area contributed by atoms with E-state index in [-0.39, 0.29) is 5.75 Å². The number of anilines is 1. The van der Waals surface area contributed by atoms with Crippen molar-refractivity contribution in [2.75, 3.05) is 11.3 Å². The normalized spacial score (nSPS) is 14.1. The molecule has 3 rings (SSSR count). The van der Waals surface area contributed by atoms with Gasteiger partial charge in [-0.1, -0.05) is 30.3 Å². The molecule has 0 aromatic heterocycles. The molecule has 1 N–H and O–H groups in total. The minimum absolute atomic E-state index is 0.0264. The third-order valence-electron chi connectivity index (χ3n) is 3.38. The van der Waals surface area contributed by atoms with Crippen LogP contribution in [0.3, 0.4) is 0 Å². The summed E-state index contributed by atoms with van der Waals surface area (Å²) in [5.74, 6) is 0.828. The molecule has 0 unspecified atom stereocenters. The minimum Gasteiger partial charge on any atom is -0.493 e. The van der Waals surface area contributed by atoms with E-state index < -0.39 is 10.0 Å². The van der Waals surface area contributed by atoms with Gasteiger partial charge in [0, 0.05) is 5.69 Å². The van der Waals surface area contributed by atoms with Crippen LogP contribution in [0, 0.1) is 0 Å². The summed E-state index contributed by atoms with van der Waals surface area (Å²) < 4.78 is 32.6. The third-order valence-corrected chi connectivity index (χ3v) is 4.64. The lowest BCUT2D eigenvalue weighted by Gasteiger charge is -2.18. The van der Waals surface area contributed by atoms with Gasteiger partial charge in [-0.05, 0) is 42.2 Å². The molecule has 0 fully saturated rings. The molecule has 0 amide bonds. The molecule has 2 aromatic rings. The van der Waals surface area contributed by atoms with Crippen LogP contribution in [-0.2, 0) is 22.2 Å².